The lowest BCUT2D eigenvalue weighted by Crippen LogP contribution is -2.30. The third-order valence-electron chi connectivity index (χ3n) is 3.49. The van der Waals surface area contributed by atoms with Crippen LogP contribution in [-0.4, -0.2) is 21.6 Å². The van der Waals surface area contributed by atoms with Crippen LogP contribution in [0.4, 0.5) is 0 Å². The zero-order valence-corrected chi connectivity index (χ0v) is 13.7. The van der Waals surface area contributed by atoms with E-state index in [1.54, 1.807) is 6.08 Å². The van der Waals surface area contributed by atoms with Crippen LogP contribution in [0.3, 0.4) is 0 Å². The highest BCUT2D eigenvalue weighted by molar-refractivity contribution is 7.85. The average Bonchev–Trinajstić information content (AvgIpc) is 2.50. The molecule has 0 fully saturated rings. The van der Waals surface area contributed by atoms with Gasteiger partial charge in [-0.1, -0.05) is 25.1 Å². The lowest BCUT2D eigenvalue weighted by atomic mass is 9.96. The summed E-state index contributed by atoms with van der Waals surface area (Å²) in [6.07, 6.45) is 4.08. The number of nitrogens with zero attached hydrogens (tertiary/aromatic N) is 1. The minimum absolute atomic E-state index is 0.0517. The Bertz CT molecular complexity index is 677. The number of benzene rings is 1. The maximum atomic E-state index is 12.0. The molecule has 0 saturated heterocycles. The Kier molecular flexibility index (Phi) is 5.44. The number of hydrazone groups is 1. The first kappa shape index (κ1) is 16.4. The van der Waals surface area contributed by atoms with E-state index in [-0.39, 0.29) is 11.8 Å². The van der Waals surface area contributed by atoms with E-state index in [0.717, 1.165) is 21.7 Å². The van der Waals surface area contributed by atoms with Crippen LogP contribution in [0.1, 0.15) is 25.8 Å². The number of carbonyl (C=O) groups is 1. The van der Waals surface area contributed by atoms with Crippen molar-refractivity contribution in [3.05, 3.63) is 48.6 Å². The highest BCUT2D eigenvalue weighted by Gasteiger charge is 2.18. The van der Waals surface area contributed by atoms with Crippen LogP contribution in [0.2, 0.25) is 0 Å². The molecule has 1 aliphatic rings. The van der Waals surface area contributed by atoms with Crippen molar-refractivity contribution in [2.24, 2.45) is 11.0 Å². The van der Waals surface area contributed by atoms with Crippen LogP contribution in [-0.2, 0) is 15.6 Å². The van der Waals surface area contributed by atoms with E-state index in [0.29, 0.717) is 12.2 Å². The Morgan fingerprint density at radius 3 is 3.00 bits per heavy atom. The van der Waals surface area contributed by atoms with Crippen molar-refractivity contribution in [1.82, 2.24) is 5.43 Å². The zero-order valence-electron chi connectivity index (χ0n) is 12.8. The van der Waals surface area contributed by atoms with Gasteiger partial charge in [-0.2, -0.15) is 5.10 Å². The third kappa shape index (κ3) is 4.01. The van der Waals surface area contributed by atoms with Gasteiger partial charge in [0.2, 0.25) is 5.91 Å². The predicted molar refractivity (Wildman–Crippen MR) is 90.9 cm³/mol. The fourth-order valence-electron chi connectivity index (χ4n) is 2.23. The van der Waals surface area contributed by atoms with Crippen LogP contribution >= 0.6 is 0 Å². The fourth-order valence-corrected chi connectivity index (χ4v) is 3.13. The molecule has 1 N–H and O–H groups in total. The van der Waals surface area contributed by atoms with E-state index in [1.165, 1.54) is 0 Å². The molecule has 0 aromatic heterocycles. The van der Waals surface area contributed by atoms with Gasteiger partial charge in [0.25, 0.3) is 0 Å². The first-order chi connectivity index (χ1) is 10.5. The zero-order chi connectivity index (χ0) is 16.1. The number of nitrogens with one attached hydrogen (secondary N) is 1. The summed E-state index contributed by atoms with van der Waals surface area (Å²) in [5.74, 6) is 0.494. The van der Waals surface area contributed by atoms with Gasteiger partial charge in [-0.3, -0.25) is 9.00 Å². The normalized spacial score (nSPS) is 20.1. The Balaban J connectivity index is 2.25. The van der Waals surface area contributed by atoms with E-state index in [1.807, 2.05) is 44.2 Å². The van der Waals surface area contributed by atoms with Crippen LogP contribution in [0.25, 0.3) is 5.57 Å². The molecule has 0 spiro atoms. The third-order valence-corrected chi connectivity index (χ3v) is 4.81. The average molecular weight is 316 g/mol. The first-order valence-electron chi connectivity index (χ1n) is 7.15. The first-order valence-corrected chi connectivity index (χ1v) is 8.47. The molecule has 22 heavy (non-hydrogen) atoms. The van der Waals surface area contributed by atoms with Crippen molar-refractivity contribution in [2.45, 2.75) is 25.2 Å². The molecule has 0 saturated carbocycles. The molecule has 1 aliphatic heterocycles. The van der Waals surface area contributed by atoms with Crippen LogP contribution in [0.5, 0.6) is 0 Å². The number of allylic oxidation sites excluding steroid dienone is 2. The maximum absolute atomic E-state index is 12.0. The van der Waals surface area contributed by atoms with Crippen LogP contribution < -0.4 is 5.43 Å². The van der Waals surface area contributed by atoms with E-state index in [2.05, 4.69) is 17.1 Å². The van der Waals surface area contributed by atoms with E-state index >= 15 is 0 Å². The number of hydrogen-bond donors (Lipinski definition) is 1. The molecule has 4 nitrogen and oxygen atoms in total. The summed E-state index contributed by atoms with van der Waals surface area (Å²) in [5, 5.41) is 4.11. The summed E-state index contributed by atoms with van der Waals surface area (Å²) in [6, 6.07) is 7.67. The highest BCUT2D eigenvalue weighted by atomic mass is 32.2. The second kappa shape index (κ2) is 7.31. The van der Waals surface area contributed by atoms with E-state index < -0.39 is 10.8 Å². The molecule has 5 heteroatoms. The molecule has 0 radical (unpaired) electrons. The molecular formula is C17H20N2O2S. The van der Waals surface area contributed by atoms with Crippen molar-refractivity contribution in [2.75, 3.05) is 5.75 Å². The molecule has 2 atom stereocenters. The van der Waals surface area contributed by atoms with Crippen molar-refractivity contribution >= 4 is 28.0 Å². The van der Waals surface area contributed by atoms with Crippen molar-refractivity contribution in [1.29, 1.82) is 0 Å². The van der Waals surface area contributed by atoms with Gasteiger partial charge in [-0.05, 0) is 36.3 Å². The van der Waals surface area contributed by atoms with Crippen molar-refractivity contribution in [3.8, 4) is 0 Å². The van der Waals surface area contributed by atoms with Gasteiger partial charge in [0, 0.05) is 23.0 Å². The van der Waals surface area contributed by atoms with Crippen molar-refractivity contribution in [3.63, 3.8) is 0 Å². The van der Waals surface area contributed by atoms with Gasteiger partial charge in [-0.15, -0.1) is 6.58 Å². The smallest absolute Gasteiger partial charge is 0.240 e. The number of rotatable bonds is 5. The summed E-state index contributed by atoms with van der Waals surface area (Å²) in [6.45, 7) is 7.59. The standard InChI is InChI=1S/C17H20N2O2S/c1-4-8-22(21)15-7-5-6-14(11-15)12(2)9-16-13(3)10-17(20)19-18-16/h4-7,9,11,13H,1,8,10H2,2-3H3,(H,19,20). The molecule has 2 unspecified atom stereocenters. The quantitative estimate of drug-likeness (QED) is 0.849. The Hall–Kier alpha value is -2.01. The molecule has 1 aromatic carbocycles. The van der Waals surface area contributed by atoms with Crippen molar-refractivity contribution < 1.29 is 9.00 Å². The van der Waals surface area contributed by atoms with Gasteiger partial charge >= 0.3 is 0 Å². The summed E-state index contributed by atoms with van der Waals surface area (Å²) >= 11 is 0. The fraction of sp³-hybridized carbons (Fsp3) is 0.294. The molecular weight excluding hydrogens is 296 g/mol. The summed E-state index contributed by atoms with van der Waals surface area (Å²) < 4.78 is 12.0. The minimum Gasteiger partial charge on any atom is -0.273 e. The van der Waals surface area contributed by atoms with Crippen LogP contribution in [0.15, 0.2) is 53.0 Å². The number of hydrogen-bond acceptors (Lipinski definition) is 3. The summed E-state index contributed by atoms with van der Waals surface area (Å²) in [7, 11) is -1.06. The summed E-state index contributed by atoms with van der Waals surface area (Å²) in [4.78, 5) is 12.1. The molecule has 2 rings (SSSR count). The number of amides is 1. The second-order valence-electron chi connectivity index (χ2n) is 5.33. The van der Waals surface area contributed by atoms with E-state index in [4.69, 9.17) is 0 Å². The van der Waals surface area contributed by atoms with Gasteiger partial charge in [0.1, 0.15) is 0 Å². The monoisotopic (exact) mass is 316 g/mol. The molecule has 0 bridgehead atoms. The Morgan fingerprint density at radius 2 is 2.32 bits per heavy atom. The second-order valence-corrected chi connectivity index (χ2v) is 6.83. The SMILES string of the molecule is C=CCS(=O)c1cccc(C(C)=CC2=NNC(=O)CC2C)c1. The van der Waals surface area contributed by atoms with Gasteiger partial charge < -0.3 is 0 Å². The topological polar surface area (TPSA) is 58.5 Å². The largest absolute Gasteiger partial charge is 0.273 e. The molecule has 116 valence electrons. The van der Waals surface area contributed by atoms with Crippen LogP contribution in [0, 0.1) is 5.92 Å². The van der Waals surface area contributed by atoms with Gasteiger partial charge in [0.05, 0.1) is 16.5 Å². The van der Waals surface area contributed by atoms with E-state index in [9.17, 15) is 9.00 Å². The Morgan fingerprint density at radius 1 is 1.55 bits per heavy atom. The molecule has 1 heterocycles. The highest BCUT2D eigenvalue weighted by Crippen LogP contribution is 2.20. The lowest BCUT2D eigenvalue weighted by Gasteiger charge is -2.17. The van der Waals surface area contributed by atoms with Gasteiger partial charge in [-0.25, -0.2) is 5.43 Å². The lowest BCUT2D eigenvalue weighted by molar-refractivity contribution is -0.121. The predicted octanol–water partition coefficient (Wildman–Crippen LogP) is 2.90. The Labute approximate surface area is 133 Å². The minimum atomic E-state index is -1.06. The molecule has 1 aromatic rings. The number of carbonyl (C=O) groups excluding carboxylic acids is 1. The summed E-state index contributed by atoms with van der Waals surface area (Å²) in [5.41, 5.74) is 5.40. The maximum Gasteiger partial charge on any atom is 0.240 e. The molecule has 0 aliphatic carbocycles. The molecule has 1 amide bonds. The van der Waals surface area contributed by atoms with Gasteiger partial charge in [0.15, 0.2) is 0 Å².